The summed E-state index contributed by atoms with van der Waals surface area (Å²) in [6.45, 7) is 1.98. The van der Waals surface area contributed by atoms with Gasteiger partial charge in [0, 0.05) is 31.1 Å². The average Bonchev–Trinajstić information content (AvgIpc) is 3.29. The number of para-hydroxylation sites is 1. The Morgan fingerprint density at radius 2 is 1.71 bits per heavy atom. The van der Waals surface area contributed by atoms with Gasteiger partial charge in [0.05, 0.1) is 0 Å². The summed E-state index contributed by atoms with van der Waals surface area (Å²) in [6, 6.07) is 17.0. The van der Waals surface area contributed by atoms with Crippen LogP contribution in [-0.4, -0.2) is 46.0 Å². The van der Waals surface area contributed by atoms with Crippen LogP contribution in [-0.2, 0) is 4.79 Å². The number of terminal acetylenes is 1. The normalized spacial score (nSPS) is 17.7. The molecule has 8 heteroatoms. The van der Waals surface area contributed by atoms with Crippen LogP contribution in [0.3, 0.4) is 0 Å². The van der Waals surface area contributed by atoms with Crippen molar-refractivity contribution in [2.45, 2.75) is 25.2 Å². The maximum absolute atomic E-state index is 12.5. The molecule has 2 aliphatic rings. The molecule has 1 atom stereocenters. The van der Waals surface area contributed by atoms with Gasteiger partial charge < -0.3 is 20.8 Å². The molecule has 0 spiro atoms. The molecule has 1 unspecified atom stereocenters. The van der Waals surface area contributed by atoms with E-state index in [4.69, 9.17) is 21.9 Å². The first-order valence-electron chi connectivity index (χ1n) is 11.8. The van der Waals surface area contributed by atoms with Gasteiger partial charge in [0.15, 0.2) is 5.69 Å². The molecule has 0 radical (unpaired) electrons. The second kappa shape index (κ2) is 9.55. The summed E-state index contributed by atoms with van der Waals surface area (Å²) >= 11 is 0. The monoisotopic (exact) mass is 469 g/mol. The lowest BCUT2D eigenvalue weighted by atomic mass is 9.81. The first-order valence-corrected chi connectivity index (χ1v) is 11.8. The van der Waals surface area contributed by atoms with Crippen molar-refractivity contribution in [1.82, 2.24) is 14.6 Å². The van der Waals surface area contributed by atoms with E-state index in [1.165, 1.54) is 0 Å². The molecule has 5 rings (SSSR count). The molecular formula is C27H27N5O3. The zero-order chi connectivity index (χ0) is 24.4. The summed E-state index contributed by atoms with van der Waals surface area (Å²) in [4.78, 5) is 31.0. The fraction of sp³-hybridized carbons (Fsp3) is 0.296. The topological polar surface area (TPSA) is 102 Å². The molecule has 2 aromatic carbocycles. The molecule has 178 valence electrons. The van der Waals surface area contributed by atoms with Crippen LogP contribution in [0.1, 0.15) is 41.5 Å². The number of benzene rings is 2. The van der Waals surface area contributed by atoms with Gasteiger partial charge in [0.25, 0.3) is 11.8 Å². The van der Waals surface area contributed by atoms with Crippen LogP contribution in [0.5, 0.6) is 11.5 Å². The number of amides is 2. The highest BCUT2D eigenvalue weighted by atomic mass is 16.5. The number of carbonyl (C=O) groups excluding carboxylic acids is 2. The third-order valence-corrected chi connectivity index (χ3v) is 6.82. The minimum atomic E-state index is -0.536. The number of nitrogens with two attached hydrogens (primary N) is 1. The van der Waals surface area contributed by atoms with Crippen LogP contribution in [0.2, 0.25) is 0 Å². The fourth-order valence-corrected chi connectivity index (χ4v) is 5.08. The summed E-state index contributed by atoms with van der Waals surface area (Å²) in [5, 5.41) is 0. The van der Waals surface area contributed by atoms with Crippen LogP contribution in [0, 0.1) is 18.3 Å². The van der Waals surface area contributed by atoms with E-state index in [-0.39, 0.29) is 11.8 Å². The molecule has 1 fully saturated rings. The zero-order valence-electron chi connectivity index (χ0n) is 19.3. The number of rotatable bonds is 5. The standard InChI is InChI=1S/C27H27N5O3/c1-2-23(33)31-16-13-18(14-17-31)22-12-15-29-32-25(26(28)34)24(30-27(22)32)19-8-10-21(11-9-19)35-20-6-4-3-5-7-20/h1,3-11,18,22,29H,12-17H2,(H2,28,34). The molecule has 1 saturated heterocycles. The van der Waals surface area contributed by atoms with E-state index >= 15 is 0 Å². The van der Waals surface area contributed by atoms with Gasteiger partial charge in [-0.15, -0.1) is 6.42 Å². The van der Waals surface area contributed by atoms with Crippen molar-refractivity contribution >= 4 is 11.8 Å². The van der Waals surface area contributed by atoms with Gasteiger partial charge >= 0.3 is 0 Å². The fourth-order valence-electron chi connectivity index (χ4n) is 5.08. The lowest BCUT2D eigenvalue weighted by Crippen LogP contribution is -2.41. The van der Waals surface area contributed by atoms with Gasteiger partial charge in [0.2, 0.25) is 0 Å². The molecule has 35 heavy (non-hydrogen) atoms. The van der Waals surface area contributed by atoms with Gasteiger partial charge in [0.1, 0.15) is 23.0 Å². The van der Waals surface area contributed by atoms with Crippen molar-refractivity contribution in [3.05, 3.63) is 66.1 Å². The molecule has 2 amide bonds. The Kier molecular flexibility index (Phi) is 6.15. The van der Waals surface area contributed by atoms with Crippen LogP contribution >= 0.6 is 0 Å². The number of hydrogen-bond donors (Lipinski definition) is 2. The number of hydrogen-bond acceptors (Lipinski definition) is 5. The third-order valence-electron chi connectivity index (χ3n) is 6.82. The second-order valence-corrected chi connectivity index (χ2v) is 8.88. The van der Waals surface area contributed by atoms with E-state index in [1.807, 2.05) is 54.6 Å². The maximum atomic E-state index is 12.5. The van der Waals surface area contributed by atoms with E-state index in [0.29, 0.717) is 42.7 Å². The number of ether oxygens (including phenoxy) is 1. The number of piperidine rings is 1. The Hall–Kier alpha value is -4.25. The van der Waals surface area contributed by atoms with E-state index < -0.39 is 5.91 Å². The van der Waals surface area contributed by atoms with E-state index in [0.717, 1.165) is 36.4 Å². The van der Waals surface area contributed by atoms with Crippen molar-refractivity contribution in [2.24, 2.45) is 11.7 Å². The first-order chi connectivity index (χ1) is 17.0. The van der Waals surface area contributed by atoms with Gasteiger partial charge in [-0.3, -0.25) is 9.59 Å². The van der Waals surface area contributed by atoms with Gasteiger partial charge in [-0.2, -0.15) is 0 Å². The number of aromatic nitrogens is 2. The summed E-state index contributed by atoms with van der Waals surface area (Å²) in [5.41, 5.74) is 10.8. The predicted octanol–water partition coefficient (Wildman–Crippen LogP) is 3.34. The minimum Gasteiger partial charge on any atom is -0.457 e. The zero-order valence-corrected chi connectivity index (χ0v) is 19.3. The Morgan fingerprint density at radius 1 is 1.03 bits per heavy atom. The van der Waals surface area contributed by atoms with Crippen molar-refractivity contribution in [3.63, 3.8) is 0 Å². The number of fused-ring (bicyclic) bond motifs is 1. The average molecular weight is 470 g/mol. The number of nitrogens with one attached hydrogen (secondary N) is 1. The van der Waals surface area contributed by atoms with Crippen molar-refractivity contribution in [2.75, 3.05) is 25.1 Å². The molecule has 0 aliphatic carbocycles. The maximum Gasteiger partial charge on any atom is 0.298 e. The highest BCUT2D eigenvalue weighted by molar-refractivity contribution is 5.97. The number of primary amides is 1. The minimum absolute atomic E-state index is 0.159. The Balaban J connectivity index is 1.41. The predicted molar refractivity (Wildman–Crippen MR) is 132 cm³/mol. The molecule has 1 aromatic heterocycles. The molecule has 3 heterocycles. The van der Waals surface area contributed by atoms with Crippen LogP contribution in [0.25, 0.3) is 11.3 Å². The smallest absolute Gasteiger partial charge is 0.298 e. The molecule has 0 saturated carbocycles. The molecule has 2 aliphatic heterocycles. The Labute approximate surface area is 204 Å². The molecule has 0 bridgehead atoms. The quantitative estimate of drug-likeness (QED) is 0.558. The van der Waals surface area contributed by atoms with Crippen molar-refractivity contribution in [1.29, 1.82) is 0 Å². The van der Waals surface area contributed by atoms with Crippen LogP contribution in [0.15, 0.2) is 54.6 Å². The second-order valence-electron chi connectivity index (χ2n) is 8.88. The summed E-state index contributed by atoms with van der Waals surface area (Å²) < 4.78 is 7.65. The molecule has 8 nitrogen and oxygen atoms in total. The summed E-state index contributed by atoms with van der Waals surface area (Å²) in [6.07, 6.45) is 7.86. The molecule has 3 aromatic rings. The lowest BCUT2D eigenvalue weighted by Gasteiger charge is -2.37. The summed E-state index contributed by atoms with van der Waals surface area (Å²) in [5.74, 6) is 4.16. The third kappa shape index (κ3) is 4.45. The van der Waals surface area contributed by atoms with E-state index in [9.17, 15) is 9.59 Å². The van der Waals surface area contributed by atoms with Gasteiger partial charge in [-0.05, 0) is 67.5 Å². The largest absolute Gasteiger partial charge is 0.457 e. The van der Waals surface area contributed by atoms with E-state index in [1.54, 1.807) is 9.58 Å². The van der Waals surface area contributed by atoms with Crippen molar-refractivity contribution in [3.8, 4) is 35.1 Å². The lowest BCUT2D eigenvalue weighted by molar-refractivity contribution is -0.126. The van der Waals surface area contributed by atoms with E-state index in [2.05, 4.69) is 11.3 Å². The first kappa shape index (κ1) is 22.5. The highest BCUT2D eigenvalue weighted by Crippen LogP contribution is 2.39. The molecule has 3 N–H and O–H groups in total. The Bertz CT molecular complexity index is 1270. The van der Waals surface area contributed by atoms with Crippen LogP contribution in [0.4, 0.5) is 0 Å². The van der Waals surface area contributed by atoms with Gasteiger partial charge in [-0.25, -0.2) is 9.66 Å². The SMILES string of the molecule is C#CC(=O)N1CCC(C2CCNn3c2nc(-c2ccc(Oc4ccccc4)cc2)c3C(N)=O)CC1. The number of imidazole rings is 1. The number of carbonyl (C=O) groups is 2. The summed E-state index contributed by atoms with van der Waals surface area (Å²) in [7, 11) is 0. The van der Waals surface area contributed by atoms with Gasteiger partial charge in [-0.1, -0.05) is 18.2 Å². The van der Waals surface area contributed by atoms with Crippen LogP contribution < -0.4 is 15.9 Å². The number of likely N-dealkylation sites (tertiary alicyclic amines) is 1. The Morgan fingerprint density at radius 3 is 2.37 bits per heavy atom. The van der Waals surface area contributed by atoms with Crippen molar-refractivity contribution < 1.29 is 14.3 Å². The molecular weight excluding hydrogens is 442 g/mol. The number of nitrogens with zero attached hydrogens (tertiary/aromatic N) is 3. The highest BCUT2D eigenvalue weighted by Gasteiger charge is 2.36.